The highest BCUT2D eigenvalue weighted by molar-refractivity contribution is 5.96. The topological polar surface area (TPSA) is 58.6 Å². The molecule has 24 heavy (non-hydrogen) atoms. The molecule has 2 aromatic carbocycles. The predicted molar refractivity (Wildman–Crippen MR) is 94.4 cm³/mol. The minimum Gasteiger partial charge on any atom is -0.481 e. The number of carbonyl (C=O) groups is 2. The third kappa shape index (κ3) is 4.59. The maximum Gasteiger partial charge on any atom is 0.265 e. The van der Waals surface area contributed by atoms with E-state index in [0.29, 0.717) is 17.0 Å². The van der Waals surface area contributed by atoms with E-state index in [1.165, 1.54) is 4.90 Å². The van der Waals surface area contributed by atoms with Crippen LogP contribution in [0.2, 0.25) is 0 Å². The summed E-state index contributed by atoms with van der Waals surface area (Å²) in [7, 11) is 3.39. The first-order valence-electron chi connectivity index (χ1n) is 7.72. The highest BCUT2D eigenvalue weighted by atomic mass is 16.5. The van der Waals surface area contributed by atoms with Crippen molar-refractivity contribution in [1.29, 1.82) is 0 Å². The summed E-state index contributed by atoms with van der Waals surface area (Å²) in [6.45, 7) is 3.66. The molecule has 5 heteroatoms. The van der Waals surface area contributed by atoms with E-state index in [0.717, 1.165) is 5.56 Å². The number of aryl methyl sites for hydroxylation is 1. The molecule has 2 amide bonds. The second-order valence-electron chi connectivity index (χ2n) is 5.84. The number of carbonyl (C=O) groups excluding carboxylic acids is 2. The summed E-state index contributed by atoms with van der Waals surface area (Å²) in [4.78, 5) is 25.6. The van der Waals surface area contributed by atoms with Crippen molar-refractivity contribution in [3.8, 4) is 5.75 Å². The number of anilines is 1. The van der Waals surface area contributed by atoms with E-state index in [1.54, 1.807) is 45.3 Å². The van der Waals surface area contributed by atoms with Crippen molar-refractivity contribution < 1.29 is 14.3 Å². The molecule has 0 radical (unpaired) electrons. The molecular weight excluding hydrogens is 304 g/mol. The Morgan fingerprint density at radius 3 is 2.33 bits per heavy atom. The summed E-state index contributed by atoms with van der Waals surface area (Å²) in [6.07, 6.45) is -0.630. The smallest absolute Gasteiger partial charge is 0.265 e. The van der Waals surface area contributed by atoms with E-state index in [4.69, 9.17) is 4.74 Å². The van der Waals surface area contributed by atoms with Crippen LogP contribution in [0.15, 0.2) is 48.5 Å². The molecule has 126 valence electrons. The lowest BCUT2D eigenvalue weighted by atomic mass is 10.2. The summed E-state index contributed by atoms with van der Waals surface area (Å²) >= 11 is 0. The van der Waals surface area contributed by atoms with Crippen LogP contribution in [-0.4, -0.2) is 36.9 Å². The summed E-state index contributed by atoms with van der Waals surface area (Å²) in [6, 6.07) is 14.3. The Morgan fingerprint density at radius 2 is 1.75 bits per heavy atom. The molecule has 0 spiro atoms. The standard InChI is InChI=1S/C19H22N2O3/c1-13-6-5-7-17(12-13)24-14(2)18(22)20-16-10-8-15(9-11-16)19(23)21(3)4/h5-12,14H,1-4H3,(H,20,22)/t14-/m1/s1. The number of hydrogen-bond acceptors (Lipinski definition) is 3. The second-order valence-corrected chi connectivity index (χ2v) is 5.84. The SMILES string of the molecule is Cc1cccc(O[C@H](C)C(=O)Nc2ccc(C(=O)N(C)C)cc2)c1. The summed E-state index contributed by atoms with van der Waals surface area (Å²) in [5.74, 6) is 0.330. The molecule has 2 aromatic rings. The molecule has 0 aliphatic heterocycles. The number of hydrogen-bond donors (Lipinski definition) is 1. The number of amides is 2. The van der Waals surface area contributed by atoms with Crippen molar-refractivity contribution in [2.45, 2.75) is 20.0 Å². The minimum absolute atomic E-state index is 0.0796. The average molecular weight is 326 g/mol. The molecule has 0 fully saturated rings. The van der Waals surface area contributed by atoms with Crippen LogP contribution < -0.4 is 10.1 Å². The van der Waals surface area contributed by atoms with Gasteiger partial charge in [0, 0.05) is 25.3 Å². The van der Waals surface area contributed by atoms with Crippen LogP contribution >= 0.6 is 0 Å². The Bertz CT molecular complexity index is 724. The molecule has 2 rings (SSSR count). The quantitative estimate of drug-likeness (QED) is 0.918. The second kappa shape index (κ2) is 7.64. The van der Waals surface area contributed by atoms with E-state index in [2.05, 4.69) is 5.32 Å². The van der Waals surface area contributed by atoms with Crippen molar-refractivity contribution in [2.75, 3.05) is 19.4 Å². The molecule has 0 aromatic heterocycles. The van der Waals surface area contributed by atoms with Gasteiger partial charge in [-0.1, -0.05) is 12.1 Å². The number of nitrogens with one attached hydrogen (secondary N) is 1. The Hall–Kier alpha value is -2.82. The van der Waals surface area contributed by atoms with Gasteiger partial charge in [-0.05, 0) is 55.8 Å². The molecule has 0 saturated carbocycles. The van der Waals surface area contributed by atoms with Crippen LogP contribution in [0.4, 0.5) is 5.69 Å². The van der Waals surface area contributed by atoms with Crippen LogP contribution in [0.25, 0.3) is 0 Å². The Morgan fingerprint density at radius 1 is 1.08 bits per heavy atom. The Balaban J connectivity index is 1.97. The molecule has 0 bridgehead atoms. The highest BCUT2D eigenvalue weighted by Crippen LogP contribution is 2.16. The number of benzene rings is 2. The molecule has 1 N–H and O–H groups in total. The molecule has 0 aliphatic rings. The zero-order chi connectivity index (χ0) is 17.7. The lowest BCUT2D eigenvalue weighted by Gasteiger charge is -2.15. The maximum atomic E-state index is 12.2. The van der Waals surface area contributed by atoms with Gasteiger partial charge in [0.2, 0.25) is 0 Å². The third-order valence-corrected chi connectivity index (χ3v) is 3.48. The van der Waals surface area contributed by atoms with E-state index >= 15 is 0 Å². The van der Waals surface area contributed by atoms with Gasteiger partial charge in [0.05, 0.1) is 0 Å². The van der Waals surface area contributed by atoms with Crippen LogP contribution in [0.1, 0.15) is 22.8 Å². The van der Waals surface area contributed by atoms with Gasteiger partial charge >= 0.3 is 0 Å². The third-order valence-electron chi connectivity index (χ3n) is 3.48. The van der Waals surface area contributed by atoms with Gasteiger partial charge in [0.1, 0.15) is 5.75 Å². The van der Waals surface area contributed by atoms with Crippen molar-refractivity contribution in [3.05, 3.63) is 59.7 Å². The number of nitrogens with zero attached hydrogens (tertiary/aromatic N) is 1. The zero-order valence-electron chi connectivity index (χ0n) is 14.4. The van der Waals surface area contributed by atoms with Crippen LogP contribution in [0.3, 0.4) is 0 Å². The van der Waals surface area contributed by atoms with Crippen molar-refractivity contribution in [1.82, 2.24) is 4.90 Å². The van der Waals surface area contributed by atoms with Crippen molar-refractivity contribution in [3.63, 3.8) is 0 Å². The van der Waals surface area contributed by atoms with Crippen molar-refractivity contribution in [2.24, 2.45) is 0 Å². The zero-order valence-corrected chi connectivity index (χ0v) is 14.4. The van der Waals surface area contributed by atoms with Gasteiger partial charge in [-0.15, -0.1) is 0 Å². The first kappa shape index (κ1) is 17.5. The number of rotatable bonds is 5. The first-order valence-corrected chi connectivity index (χ1v) is 7.72. The van der Waals surface area contributed by atoms with Gasteiger partial charge < -0.3 is 15.0 Å². The lowest BCUT2D eigenvalue weighted by Crippen LogP contribution is -2.30. The van der Waals surface area contributed by atoms with Crippen LogP contribution in [0, 0.1) is 6.92 Å². The molecular formula is C19H22N2O3. The Labute approximate surface area is 142 Å². The molecule has 0 heterocycles. The van der Waals surface area contributed by atoms with E-state index in [9.17, 15) is 9.59 Å². The normalized spacial score (nSPS) is 11.5. The van der Waals surface area contributed by atoms with Crippen molar-refractivity contribution >= 4 is 17.5 Å². The summed E-state index contributed by atoms with van der Waals surface area (Å²) in [5, 5.41) is 2.78. The first-order chi connectivity index (χ1) is 11.4. The van der Waals surface area contributed by atoms with Crippen LogP contribution in [0.5, 0.6) is 5.75 Å². The molecule has 0 unspecified atom stereocenters. The number of ether oxygens (including phenoxy) is 1. The summed E-state index contributed by atoms with van der Waals surface area (Å²) < 4.78 is 5.65. The van der Waals surface area contributed by atoms with E-state index in [1.807, 2.05) is 31.2 Å². The summed E-state index contributed by atoms with van der Waals surface area (Å²) in [5.41, 5.74) is 2.26. The van der Waals surface area contributed by atoms with Crippen LogP contribution in [-0.2, 0) is 4.79 Å². The van der Waals surface area contributed by atoms with Gasteiger partial charge in [0.25, 0.3) is 11.8 Å². The average Bonchev–Trinajstić information content (AvgIpc) is 2.54. The van der Waals surface area contributed by atoms with Gasteiger partial charge in [-0.25, -0.2) is 0 Å². The van der Waals surface area contributed by atoms with E-state index < -0.39 is 6.10 Å². The maximum absolute atomic E-state index is 12.2. The fourth-order valence-corrected chi connectivity index (χ4v) is 2.14. The molecule has 5 nitrogen and oxygen atoms in total. The lowest BCUT2D eigenvalue weighted by molar-refractivity contribution is -0.122. The van der Waals surface area contributed by atoms with Gasteiger partial charge in [0.15, 0.2) is 6.10 Å². The van der Waals surface area contributed by atoms with E-state index in [-0.39, 0.29) is 11.8 Å². The minimum atomic E-state index is -0.630. The fraction of sp³-hybridized carbons (Fsp3) is 0.263. The monoisotopic (exact) mass is 326 g/mol. The molecule has 1 atom stereocenters. The predicted octanol–water partition coefficient (Wildman–Crippen LogP) is 3.10. The molecule has 0 saturated heterocycles. The Kier molecular flexibility index (Phi) is 5.58. The largest absolute Gasteiger partial charge is 0.481 e. The molecule has 0 aliphatic carbocycles. The van der Waals surface area contributed by atoms with Gasteiger partial charge in [-0.3, -0.25) is 9.59 Å². The van der Waals surface area contributed by atoms with Gasteiger partial charge in [-0.2, -0.15) is 0 Å². The fourth-order valence-electron chi connectivity index (χ4n) is 2.14. The highest BCUT2D eigenvalue weighted by Gasteiger charge is 2.15.